The van der Waals surface area contributed by atoms with Crippen molar-refractivity contribution in [1.82, 2.24) is 5.32 Å². The number of hydrogen-bond donors (Lipinski definition) is 2. The normalized spacial score (nSPS) is 11.4. The lowest BCUT2D eigenvalue weighted by Crippen LogP contribution is -2.35. The molecule has 16 heavy (non-hydrogen) atoms. The molecule has 1 unspecified atom stereocenters. The molecule has 0 aliphatic carbocycles. The summed E-state index contributed by atoms with van der Waals surface area (Å²) in [5, 5.41) is 14.2. The third-order valence-corrected chi connectivity index (χ3v) is 2.38. The van der Waals surface area contributed by atoms with Crippen LogP contribution in [0.15, 0.2) is 18.2 Å². The molecule has 2 N–H and O–H groups in total. The summed E-state index contributed by atoms with van der Waals surface area (Å²) >= 11 is 5.91. The summed E-state index contributed by atoms with van der Waals surface area (Å²) in [5.74, 6) is 0. The number of hydrogen-bond acceptors (Lipinski definition) is 2. The highest BCUT2D eigenvalue weighted by atomic mass is 35.5. The first-order chi connectivity index (χ1) is 7.52. The summed E-state index contributed by atoms with van der Waals surface area (Å²) in [6, 6.07) is 6.17. The first-order valence-corrected chi connectivity index (χ1v) is 5.14. The van der Waals surface area contributed by atoms with E-state index in [0.29, 0.717) is 10.7 Å². The maximum absolute atomic E-state index is 11.4. The third kappa shape index (κ3) is 3.44. The fourth-order valence-electron chi connectivity index (χ4n) is 1.07. The second kappa shape index (κ2) is 5.38. The monoisotopic (exact) mass is 237 g/mol. The van der Waals surface area contributed by atoms with Crippen molar-refractivity contribution in [3.05, 3.63) is 28.8 Å². The summed E-state index contributed by atoms with van der Waals surface area (Å²) in [7, 11) is 0. The number of urea groups is 1. The highest BCUT2D eigenvalue weighted by molar-refractivity contribution is 6.31. The van der Waals surface area contributed by atoms with Crippen LogP contribution in [0.3, 0.4) is 0 Å². The van der Waals surface area contributed by atoms with Gasteiger partial charge < -0.3 is 10.6 Å². The van der Waals surface area contributed by atoms with E-state index in [2.05, 4.69) is 10.6 Å². The predicted molar refractivity (Wildman–Crippen MR) is 63.4 cm³/mol. The second-order valence-electron chi connectivity index (χ2n) is 3.41. The van der Waals surface area contributed by atoms with Gasteiger partial charge in [-0.15, -0.1) is 0 Å². The molecule has 0 fully saturated rings. The van der Waals surface area contributed by atoms with Crippen LogP contribution in [0, 0.1) is 18.3 Å². The van der Waals surface area contributed by atoms with Crippen molar-refractivity contribution in [3.63, 3.8) is 0 Å². The minimum atomic E-state index is -0.527. The van der Waals surface area contributed by atoms with Crippen molar-refractivity contribution < 1.29 is 4.79 Å². The van der Waals surface area contributed by atoms with Crippen LogP contribution in [-0.4, -0.2) is 12.1 Å². The van der Waals surface area contributed by atoms with Crippen LogP contribution in [0.4, 0.5) is 10.5 Å². The quantitative estimate of drug-likeness (QED) is 0.831. The van der Waals surface area contributed by atoms with Gasteiger partial charge in [-0.1, -0.05) is 17.7 Å². The van der Waals surface area contributed by atoms with Gasteiger partial charge in [0.05, 0.1) is 6.07 Å². The summed E-state index contributed by atoms with van der Waals surface area (Å²) < 4.78 is 0. The number of nitrogens with one attached hydrogen (secondary N) is 2. The summed E-state index contributed by atoms with van der Waals surface area (Å²) in [6.07, 6.45) is 0. The van der Waals surface area contributed by atoms with Crippen LogP contribution in [0.2, 0.25) is 5.02 Å². The number of carbonyl (C=O) groups is 1. The Labute approximate surface area is 99.2 Å². The van der Waals surface area contributed by atoms with E-state index in [4.69, 9.17) is 16.9 Å². The molecule has 1 aromatic rings. The van der Waals surface area contributed by atoms with Crippen LogP contribution < -0.4 is 10.6 Å². The Morgan fingerprint density at radius 2 is 2.25 bits per heavy atom. The molecule has 0 aliphatic heterocycles. The zero-order valence-corrected chi connectivity index (χ0v) is 9.80. The van der Waals surface area contributed by atoms with Gasteiger partial charge in [-0.3, -0.25) is 0 Å². The molecule has 0 radical (unpaired) electrons. The maximum atomic E-state index is 11.4. The molecule has 0 spiro atoms. The number of nitrogens with zero attached hydrogens (tertiary/aromatic N) is 1. The Hall–Kier alpha value is -1.73. The first-order valence-electron chi connectivity index (χ1n) is 4.76. The van der Waals surface area contributed by atoms with Gasteiger partial charge >= 0.3 is 6.03 Å². The lowest BCUT2D eigenvalue weighted by Gasteiger charge is -2.09. The molecule has 0 aromatic heterocycles. The van der Waals surface area contributed by atoms with E-state index >= 15 is 0 Å². The molecule has 1 rings (SSSR count). The lowest BCUT2D eigenvalue weighted by atomic mass is 10.2. The average molecular weight is 238 g/mol. The third-order valence-electron chi connectivity index (χ3n) is 1.97. The molecule has 0 heterocycles. The molecule has 0 saturated heterocycles. The number of carbonyl (C=O) groups excluding carboxylic acids is 1. The van der Waals surface area contributed by atoms with E-state index in [-0.39, 0.29) is 0 Å². The van der Waals surface area contributed by atoms with Gasteiger partial charge in [-0.2, -0.15) is 5.26 Å². The number of amides is 2. The predicted octanol–water partition coefficient (Wildman–Crippen LogP) is 2.68. The zero-order chi connectivity index (χ0) is 12.1. The Bertz CT molecular complexity index is 439. The minimum Gasteiger partial charge on any atom is -0.322 e. The number of nitriles is 1. The van der Waals surface area contributed by atoms with Crippen LogP contribution >= 0.6 is 11.6 Å². The average Bonchev–Trinajstić information content (AvgIpc) is 2.23. The number of benzene rings is 1. The maximum Gasteiger partial charge on any atom is 0.320 e. The number of anilines is 1. The topological polar surface area (TPSA) is 64.9 Å². The Morgan fingerprint density at radius 3 is 2.81 bits per heavy atom. The minimum absolute atomic E-state index is 0.422. The van der Waals surface area contributed by atoms with E-state index in [9.17, 15) is 4.79 Å². The second-order valence-corrected chi connectivity index (χ2v) is 3.82. The van der Waals surface area contributed by atoms with Crippen molar-refractivity contribution in [2.75, 3.05) is 5.32 Å². The molecule has 5 heteroatoms. The molecule has 0 bridgehead atoms. The number of aryl methyl sites for hydroxylation is 1. The highest BCUT2D eigenvalue weighted by Gasteiger charge is 2.06. The van der Waals surface area contributed by atoms with Gasteiger partial charge in [-0.25, -0.2) is 4.79 Å². The van der Waals surface area contributed by atoms with Gasteiger partial charge in [-0.05, 0) is 31.5 Å². The SMILES string of the molecule is Cc1ccc(NC(=O)NC(C)C#N)cc1Cl. The first kappa shape index (κ1) is 12.3. The van der Waals surface area contributed by atoms with E-state index in [1.807, 2.05) is 19.1 Å². The van der Waals surface area contributed by atoms with E-state index in [0.717, 1.165) is 5.56 Å². The molecule has 2 amide bonds. The van der Waals surface area contributed by atoms with Gasteiger partial charge in [0.15, 0.2) is 0 Å². The fourth-order valence-corrected chi connectivity index (χ4v) is 1.25. The van der Waals surface area contributed by atoms with Crippen molar-refractivity contribution >= 4 is 23.3 Å². The van der Waals surface area contributed by atoms with Gasteiger partial charge in [0, 0.05) is 10.7 Å². The molecule has 0 saturated carbocycles. The zero-order valence-electron chi connectivity index (χ0n) is 9.04. The molecule has 0 aliphatic rings. The molecule has 1 aromatic carbocycles. The molecule has 4 nitrogen and oxygen atoms in total. The van der Waals surface area contributed by atoms with Crippen molar-refractivity contribution in [2.24, 2.45) is 0 Å². The van der Waals surface area contributed by atoms with Crippen molar-refractivity contribution in [1.29, 1.82) is 5.26 Å². The molecular formula is C11H12ClN3O. The van der Waals surface area contributed by atoms with Crippen LogP contribution in [-0.2, 0) is 0 Å². The van der Waals surface area contributed by atoms with Gasteiger partial charge in [0.25, 0.3) is 0 Å². The summed E-state index contributed by atoms with van der Waals surface area (Å²) in [6.45, 7) is 3.48. The number of rotatable bonds is 2. The molecule has 1 atom stereocenters. The van der Waals surface area contributed by atoms with Crippen LogP contribution in [0.5, 0.6) is 0 Å². The van der Waals surface area contributed by atoms with Crippen molar-refractivity contribution in [3.8, 4) is 6.07 Å². The smallest absolute Gasteiger partial charge is 0.320 e. The Balaban J connectivity index is 2.64. The highest BCUT2D eigenvalue weighted by Crippen LogP contribution is 2.19. The van der Waals surface area contributed by atoms with Gasteiger partial charge in [0.2, 0.25) is 0 Å². The van der Waals surface area contributed by atoms with Crippen LogP contribution in [0.25, 0.3) is 0 Å². The van der Waals surface area contributed by atoms with E-state index in [1.165, 1.54) is 0 Å². The number of halogens is 1. The molecular weight excluding hydrogens is 226 g/mol. The van der Waals surface area contributed by atoms with Gasteiger partial charge in [0.1, 0.15) is 6.04 Å². The lowest BCUT2D eigenvalue weighted by molar-refractivity contribution is 0.251. The van der Waals surface area contributed by atoms with Crippen LogP contribution in [0.1, 0.15) is 12.5 Å². The Morgan fingerprint density at radius 1 is 1.56 bits per heavy atom. The van der Waals surface area contributed by atoms with E-state index in [1.54, 1.807) is 19.1 Å². The standard InChI is InChI=1S/C11H12ClN3O/c1-7-3-4-9(5-10(7)12)15-11(16)14-8(2)6-13/h3-5,8H,1-2H3,(H2,14,15,16). The summed E-state index contributed by atoms with van der Waals surface area (Å²) in [5.41, 5.74) is 1.54. The van der Waals surface area contributed by atoms with Crippen molar-refractivity contribution in [2.45, 2.75) is 19.9 Å². The molecule has 84 valence electrons. The fraction of sp³-hybridized carbons (Fsp3) is 0.273. The van der Waals surface area contributed by atoms with E-state index < -0.39 is 12.1 Å². The largest absolute Gasteiger partial charge is 0.322 e. The summed E-state index contributed by atoms with van der Waals surface area (Å²) in [4.78, 5) is 11.4. The Kier molecular flexibility index (Phi) is 4.15.